The highest BCUT2D eigenvalue weighted by Gasteiger charge is 2.01. The van der Waals surface area contributed by atoms with Gasteiger partial charge in [-0.2, -0.15) is 15.4 Å². The Morgan fingerprint density at radius 2 is 2.45 bits per heavy atom. The highest BCUT2D eigenvalue weighted by atomic mass is 15.3. The van der Waals surface area contributed by atoms with Gasteiger partial charge in [0.25, 0.3) is 0 Å². The molecular formula is C7H8N4. The maximum Gasteiger partial charge on any atom is 0.129 e. The van der Waals surface area contributed by atoms with E-state index in [1.165, 1.54) is 0 Å². The molecule has 0 spiro atoms. The van der Waals surface area contributed by atoms with E-state index in [0.29, 0.717) is 0 Å². The molecule has 2 heterocycles. The maximum absolute atomic E-state index is 3.96. The number of nitrogens with zero attached hydrogens (tertiary/aromatic N) is 3. The van der Waals surface area contributed by atoms with E-state index in [1.54, 1.807) is 6.20 Å². The summed E-state index contributed by atoms with van der Waals surface area (Å²) in [7, 11) is 1.98. The lowest BCUT2D eigenvalue weighted by atomic mass is 10.3. The number of hydrogen-bond acceptors (Lipinski definition) is 2. The van der Waals surface area contributed by atoms with Crippen LogP contribution in [0.15, 0.2) is 24.5 Å². The first-order valence-electron chi connectivity index (χ1n) is 3.35. The first-order chi connectivity index (χ1) is 5.38. The minimum Gasteiger partial charge on any atom is -0.349 e. The minimum atomic E-state index is 0.873. The molecule has 0 atom stereocenters. The average molecular weight is 148 g/mol. The largest absolute Gasteiger partial charge is 0.349 e. The number of aromatic nitrogens is 4. The van der Waals surface area contributed by atoms with E-state index in [0.717, 1.165) is 11.4 Å². The van der Waals surface area contributed by atoms with Crippen molar-refractivity contribution in [2.45, 2.75) is 0 Å². The zero-order valence-electron chi connectivity index (χ0n) is 6.15. The lowest BCUT2D eigenvalue weighted by Gasteiger charge is -1.95. The van der Waals surface area contributed by atoms with Crippen molar-refractivity contribution < 1.29 is 0 Å². The van der Waals surface area contributed by atoms with Crippen LogP contribution < -0.4 is 0 Å². The lowest BCUT2D eigenvalue weighted by Crippen LogP contribution is -1.88. The van der Waals surface area contributed by atoms with Gasteiger partial charge >= 0.3 is 0 Å². The standard InChI is InChI=1S/C7H8N4/c1-11-4-2-3-7(11)6-5-8-10-9-6/h2-5H,1H3,(H,8,9,10). The molecule has 0 aliphatic rings. The van der Waals surface area contributed by atoms with Gasteiger partial charge in [-0.1, -0.05) is 0 Å². The summed E-state index contributed by atoms with van der Waals surface area (Å²) in [6.45, 7) is 0. The number of hydrogen-bond donors (Lipinski definition) is 1. The molecule has 0 aromatic carbocycles. The number of aromatic amines is 1. The fourth-order valence-corrected chi connectivity index (χ4v) is 1.05. The van der Waals surface area contributed by atoms with Crippen molar-refractivity contribution >= 4 is 0 Å². The van der Waals surface area contributed by atoms with E-state index < -0.39 is 0 Å². The van der Waals surface area contributed by atoms with Crippen molar-refractivity contribution in [3.8, 4) is 11.4 Å². The van der Waals surface area contributed by atoms with Crippen molar-refractivity contribution in [1.82, 2.24) is 20.0 Å². The first kappa shape index (κ1) is 6.15. The Hall–Kier alpha value is -1.58. The molecule has 0 amide bonds. The van der Waals surface area contributed by atoms with E-state index in [1.807, 2.05) is 29.9 Å². The fraction of sp³-hybridized carbons (Fsp3) is 0.143. The third-order valence-electron chi connectivity index (χ3n) is 1.62. The predicted octanol–water partition coefficient (Wildman–Crippen LogP) is 0.810. The smallest absolute Gasteiger partial charge is 0.129 e. The SMILES string of the molecule is Cn1cccc1-c1cn[nH]n1. The molecule has 2 aromatic rings. The maximum atomic E-state index is 3.96. The molecule has 0 bridgehead atoms. The zero-order chi connectivity index (χ0) is 7.68. The second kappa shape index (κ2) is 2.23. The van der Waals surface area contributed by atoms with Crippen LogP contribution in [0.3, 0.4) is 0 Å². The summed E-state index contributed by atoms with van der Waals surface area (Å²) in [5.74, 6) is 0. The van der Waals surface area contributed by atoms with Crippen LogP contribution in [-0.4, -0.2) is 20.0 Å². The van der Waals surface area contributed by atoms with Gasteiger partial charge in [0.05, 0.1) is 11.9 Å². The summed E-state index contributed by atoms with van der Waals surface area (Å²) < 4.78 is 2.00. The van der Waals surface area contributed by atoms with Crippen LogP contribution in [0.25, 0.3) is 11.4 Å². The Kier molecular flexibility index (Phi) is 1.25. The molecule has 2 aromatic heterocycles. The molecule has 4 heteroatoms. The van der Waals surface area contributed by atoms with Crippen molar-refractivity contribution in [1.29, 1.82) is 0 Å². The Morgan fingerprint density at radius 1 is 1.55 bits per heavy atom. The van der Waals surface area contributed by atoms with Gasteiger partial charge in [-0.25, -0.2) is 0 Å². The van der Waals surface area contributed by atoms with Crippen LogP contribution in [0.1, 0.15) is 0 Å². The zero-order valence-corrected chi connectivity index (χ0v) is 6.15. The molecule has 0 radical (unpaired) electrons. The number of rotatable bonds is 1. The Labute approximate surface area is 63.9 Å². The van der Waals surface area contributed by atoms with E-state index >= 15 is 0 Å². The van der Waals surface area contributed by atoms with Gasteiger partial charge in [0.2, 0.25) is 0 Å². The second-order valence-electron chi connectivity index (χ2n) is 2.36. The van der Waals surface area contributed by atoms with E-state index in [2.05, 4.69) is 15.4 Å². The molecule has 4 nitrogen and oxygen atoms in total. The molecule has 56 valence electrons. The third kappa shape index (κ3) is 0.920. The molecule has 0 aliphatic heterocycles. The third-order valence-corrected chi connectivity index (χ3v) is 1.62. The second-order valence-corrected chi connectivity index (χ2v) is 2.36. The molecular weight excluding hydrogens is 140 g/mol. The fourth-order valence-electron chi connectivity index (χ4n) is 1.05. The summed E-state index contributed by atoms with van der Waals surface area (Å²) in [4.78, 5) is 0. The van der Waals surface area contributed by atoms with Gasteiger partial charge in [0, 0.05) is 13.2 Å². The predicted molar refractivity (Wildman–Crippen MR) is 40.8 cm³/mol. The van der Waals surface area contributed by atoms with Crippen molar-refractivity contribution in [2.75, 3.05) is 0 Å². The topological polar surface area (TPSA) is 46.5 Å². The van der Waals surface area contributed by atoms with E-state index in [4.69, 9.17) is 0 Å². The van der Waals surface area contributed by atoms with Crippen LogP contribution in [0, 0.1) is 0 Å². The highest BCUT2D eigenvalue weighted by Crippen LogP contribution is 2.13. The van der Waals surface area contributed by atoms with Crippen LogP contribution in [0.4, 0.5) is 0 Å². The Balaban J connectivity index is 2.53. The molecule has 0 saturated carbocycles. The average Bonchev–Trinajstić information content (AvgIpc) is 2.55. The molecule has 2 rings (SSSR count). The molecule has 1 N–H and O–H groups in total. The monoisotopic (exact) mass is 148 g/mol. The van der Waals surface area contributed by atoms with Crippen molar-refractivity contribution in [3.63, 3.8) is 0 Å². The highest BCUT2D eigenvalue weighted by molar-refractivity contribution is 5.52. The summed E-state index contributed by atoms with van der Waals surface area (Å²) in [6, 6.07) is 3.97. The molecule has 0 unspecified atom stereocenters. The van der Waals surface area contributed by atoms with Gasteiger partial charge < -0.3 is 4.57 Å². The summed E-state index contributed by atoms with van der Waals surface area (Å²) in [5.41, 5.74) is 1.94. The van der Waals surface area contributed by atoms with Crippen molar-refractivity contribution in [2.24, 2.45) is 7.05 Å². The van der Waals surface area contributed by atoms with Gasteiger partial charge in [-0.3, -0.25) is 0 Å². The molecule has 0 fully saturated rings. The number of nitrogens with one attached hydrogen (secondary N) is 1. The van der Waals surface area contributed by atoms with Gasteiger partial charge in [0.1, 0.15) is 5.69 Å². The summed E-state index contributed by atoms with van der Waals surface area (Å²) >= 11 is 0. The number of aryl methyl sites for hydroxylation is 1. The quantitative estimate of drug-likeness (QED) is 0.650. The summed E-state index contributed by atoms with van der Waals surface area (Å²) in [5, 5.41) is 10.3. The van der Waals surface area contributed by atoms with Crippen LogP contribution in [-0.2, 0) is 7.05 Å². The van der Waals surface area contributed by atoms with E-state index in [-0.39, 0.29) is 0 Å². The van der Waals surface area contributed by atoms with Crippen molar-refractivity contribution in [3.05, 3.63) is 24.5 Å². The first-order valence-corrected chi connectivity index (χ1v) is 3.35. The van der Waals surface area contributed by atoms with Crippen LogP contribution >= 0.6 is 0 Å². The normalized spacial score (nSPS) is 10.3. The van der Waals surface area contributed by atoms with Crippen LogP contribution in [0.5, 0.6) is 0 Å². The van der Waals surface area contributed by atoms with Crippen LogP contribution in [0.2, 0.25) is 0 Å². The lowest BCUT2D eigenvalue weighted by molar-refractivity contribution is 0.913. The van der Waals surface area contributed by atoms with Gasteiger partial charge in [-0.15, -0.1) is 0 Å². The molecule has 11 heavy (non-hydrogen) atoms. The van der Waals surface area contributed by atoms with Gasteiger partial charge in [0.15, 0.2) is 0 Å². The Bertz CT molecular complexity index is 333. The van der Waals surface area contributed by atoms with Gasteiger partial charge in [-0.05, 0) is 12.1 Å². The molecule has 0 saturated heterocycles. The Morgan fingerprint density at radius 3 is 3.00 bits per heavy atom. The number of H-pyrrole nitrogens is 1. The minimum absolute atomic E-state index is 0.873. The van der Waals surface area contributed by atoms with E-state index in [9.17, 15) is 0 Å². The molecule has 0 aliphatic carbocycles. The summed E-state index contributed by atoms with van der Waals surface area (Å²) in [6.07, 6.45) is 3.68.